The second-order valence-electron chi connectivity index (χ2n) is 4.55. The highest BCUT2D eigenvalue weighted by Gasteiger charge is 2.17. The van der Waals surface area contributed by atoms with Crippen LogP contribution in [0.2, 0.25) is 0 Å². The van der Waals surface area contributed by atoms with Crippen LogP contribution in [0.5, 0.6) is 0 Å². The van der Waals surface area contributed by atoms with Crippen LogP contribution < -0.4 is 5.32 Å². The Morgan fingerprint density at radius 3 is 2.84 bits per heavy atom. The van der Waals surface area contributed by atoms with Gasteiger partial charge in [0.2, 0.25) is 0 Å². The van der Waals surface area contributed by atoms with Crippen LogP contribution in [0.3, 0.4) is 0 Å². The SMILES string of the molecule is CCCNC(CC(=O)OCC)c1cnn(CCC)c1. The molecule has 5 heteroatoms. The third-order valence-electron chi connectivity index (χ3n) is 2.83. The first-order valence-electron chi connectivity index (χ1n) is 7.12. The van der Waals surface area contributed by atoms with Crippen molar-refractivity contribution in [3.63, 3.8) is 0 Å². The van der Waals surface area contributed by atoms with E-state index < -0.39 is 0 Å². The summed E-state index contributed by atoms with van der Waals surface area (Å²) in [6.07, 6.45) is 6.28. The summed E-state index contributed by atoms with van der Waals surface area (Å²) in [5, 5.41) is 7.69. The summed E-state index contributed by atoms with van der Waals surface area (Å²) in [7, 11) is 0. The maximum Gasteiger partial charge on any atom is 0.307 e. The zero-order valence-electron chi connectivity index (χ0n) is 12.2. The van der Waals surface area contributed by atoms with Gasteiger partial charge >= 0.3 is 5.97 Å². The van der Waals surface area contributed by atoms with Crippen LogP contribution in [-0.2, 0) is 16.1 Å². The average Bonchev–Trinajstić information content (AvgIpc) is 2.84. The molecule has 0 bridgehead atoms. The molecular formula is C14H25N3O2. The predicted molar refractivity (Wildman–Crippen MR) is 74.8 cm³/mol. The number of carbonyl (C=O) groups excluding carboxylic acids is 1. The summed E-state index contributed by atoms with van der Waals surface area (Å²) in [4.78, 5) is 11.6. The molecule has 5 nitrogen and oxygen atoms in total. The van der Waals surface area contributed by atoms with Gasteiger partial charge in [-0.2, -0.15) is 5.10 Å². The van der Waals surface area contributed by atoms with Crippen molar-refractivity contribution in [3.8, 4) is 0 Å². The van der Waals surface area contributed by atoms with E-state index in [2.05, 4.69) is 24.3 Å². The van der Waals surface area contributed by atoms with E-state index in [1.807, 2.05) is 24.0 Å². The Morgan fingerprint density at radius 1 is 1.42 bits per heavy atom. The van der Waals surface area contributed by atoms with E-state index in [4.69, 9.17) is 4.74 Å². The molecule has 1 heterocycles. The topological polar surface area (TPSA) is 56.1 Å². The van der Waals surface area contributed by atoms with Crippen LogP contribution in [-0.4, -0.2) is 28.9 Å². The zero-order chi connectivity index (χ0) is 14.1. The van der Waals surface area contributed by atoms with Crippen molar-refractivity contribution in [2.45, 2.75) is 52.6 Å². The van der Waals surface area contributed by atoms with E-state index in [1.165, 1.54) is 0 Å². The van der Waals surface area contributed by atoms with Crippen molar-refractivity contribution in [3.05, 3.63) is 18.0 Å². The summed E-state index contributed by atoms with van der Waals surface area (Å²) in [5.74, 6) is -0.167. The third-order valence-corrected chi connectivity index (χ3v) is 2.83. The normalized spacial score (nSPS) is 12.4. The lowest BCUT2D eigenvalue weighted by atomic mass is 10.1. The van der Waals surface area contributed by atoms with Crippen LogP contribution in [0, 0.1) is 0 Å². The molecule has 0 spiro atoms. The minimum atomic E-state index is -0.167. The fraction of sp³-hybridized carbons (Fsp3) is 0.714. The molecule has 0 amide bonds. The molecule has 0 aliphatic rings. The molecule has 0 radical (unpaired) electrons. The highest BCUT2D eigenvalue weighted by atomic mass is 16.5. The minimum Gasteiger partial charge on any atom is -0.466 e. The number of aryl methyl sites for hydroxylation is 1. The second-order valence-corrected chi connectivity index (χ2v) is 4.55. The summed E-state index contributed by atoms with van der Waals surface area (Å²) in [5.41, 5.74) is 1.05. The molecule has 1 N–H and O–H groups in total. The molecule has 1 unspecified atom stereocenters. The maximum absolute atomic E-state index is 11.6. The number of nitrogens with one attached hydrogen (secondary N) is 1. The van der Waals surface area contributed by atoms with Gasteiger partial charge in [-0.3, -0.25) is 9.48 Å². The summed E-state index contributed by atoms with van der Waals surface area (Å²) < 4.78 is 6.94. The van der Waals surface area contributed by atoms with E-state index in [1.54, 1.807) is 0 Å². The molecule has 0 fully saturated rings. The zero-order valence-corrected chi connectivity index (χ0v) is 12.2. The quantitative estimate of drug-likeness (QED) is 0.697. The Bertz CT molecular complexity index is 377. The van der Waals surface area contributed by atoms with Gasteiger partial charge in [0.05, 0.1) is 19.2 Å². The molecule has 0 aliphatic heterocycles. The van der Waals surface area contributed by atoms with E-state index in [9.17, 15) is 4.79 Å². The van der Waals surface area contributed by atoms with Gasteiger partial charge in [0.25, 0.3) is 0 Å². The van der Waals surface area contributed by atoms with Crippen molar-refractivity contribution >= 4 is 5.97 Å². The molecule has 0 saturated carbocycles. The Kier molecular flexibility index (Phi) is 7.18. The van der Waals surface area contributed by atoms with Crippen LogP contribution in [0.15, 0.2) is 12.4 Å². The molecule has 19 heavy (non-hydrogen) atoms. The molecule has 0 aromatic carbocycles. The molecule has 0 aliphatic carbocycles. The van der Waals surface area contributed by atoms with Crippen molar-refractivity contribution in [2.24, 2.45) is 0 Å². The first-order valence-corrected chi connectivity index (χ1v) is 7.12. The number of nitrogens with zero attached hydrogens (tertiary/aromatic N) is 2. The van der Waals surface area contributed by atoms with Gasteiger partial charge in [-0.05, 0) is 26.3 Å². The highest BCUT2D eigenvalue weighted by Crippen LogP contribution is 2.17. The van der Waals surface area contributed by atoms with Gasteiger partial charge in [-0.15, -0.1) is 0 Å². The number of hydrogen-bond donors (Lipinski definition) is 1. The lowest BCUT2D eigenvalue weighted by Gasteiger charge is -2.16. The van der Waals surface area contributed by atoms with Gasteiger partial charge in [0, 0.05) is 24.3 Å². The first kappa shape index (κ1) is 15.7. The lowest BCUT2D eigenvalue weighted by Crippen LogP contribution is -2.25. The molecule has 1 aromatic heterocycles. The number of hydrogen-bond acceptors (Lipinski definition) is 4. The monoisotopic (exact) mass is 267 g/mol. The van der Waals surface area contributed by atoms with Gasteiger partial charge in [0.15, 0.2) is 0 Å². The molecule has 108 valence electrons. The van der Waals surface area contributed by atoms with Crippen molar-refractivity contribution in [1.82, 2.24) is 15.1 Å². The molecule has 0 saturated heterocycles. The van der Waals surface area contributed by atoms with Gasteiger partial charge in [-0.1, -0.05) is 13.8 Å². The standard InChI is InChI=1S/C14H25N3O2/c1-4-7-15-13(9-14(18)19-6-3)12-10-16-17(11-12)8-5-2/h10-11,13,15H,4-9H2,1-3H3. The molecule has 1 aromatic rings. The van der Waals surface area contributed by atoms with Crippen molar-refractivity contribution < 1.29 is 9.53 Å². The summed E-state index contributed by atoms with van der Waals surface area (Å²) >= 11 is 0. The number of rotatable bonds is 9. The highest BCUT2D eigenvalue weighted by molar-refractivity contribution is 5.70. The van der Waals surface area contributed by atoms with E-state index in [-0.39, 0.29) is 12.0 Å². The van der Waals surface area contributed by atoms with Gasteiger partial charge in [0.1, 0.15) is 0 Å². The van der Waals surface area contributed by atoms with E-state index in [0.717, 1.165) is 31.5 Å². The molecule has 1 rings (SSSR count). The summed E-state index contributed by atoms with van der Waals surface area (Å²) in [6.45, 7) is 8.25. The maximum atomic E-state index is 11.6. The lowest BCUT2D eigenvalue weighted by molar-refractivity contribution is -0.143. The molecular weight excluding hydrogens is 242 g/mol. The van der Waals surface area contributed by atoms with Crippen LogP contribution >= 0.6 is 0 Å². The largest absolute Gasteiger partial charge is 0.466 e. The van der Waals surface area contributed by atoms with Crippen molar-refractivity contribution in [1.29, 1.82) is 0 Å². The van der Waals surface area contributed by atoms with Gasteiger partial charge in [-0.25, -0.2) is 0 Å². The number of ether oxygens (including phenoxy) is 1. The Hall–Kier alpha value is -1.36. The number of aromatic nitrogens is 2. The Labute approximate surface area is 115 Å². The van der Waals surface area contributed by atoms with Gasteiger partial charge < -0.3 is 10.1 Å². The second kappa shape index (κ2) is 8.69. The Balaban J connectivity index is 2.67. The fourth-order valence-electron chi connectivity index (χ4n) is 1.92. The summed E-state index contributed by atoms with van der Waals surface area (Å²) in [6, 6.07) is -0.00962. The van der Waals surface area contributed by atoms with E-state index >= 15 is 0 Å². The third kappa shape index (κ3) is 5.42. The van der Waals surface area contributed by atoms with Crippen LogP contribution in [0.1, 0.15) is 51.6 Å². The average molecular weight is 267 g/mol. The van der Waals surface area contributed by atoms with Crippen LogP contribution in [0.25, 0.3) is 0 Å². The number of esters is 1. The smallest absolute Gasteiger partial charge is 0.307 e. The van der Waals surface area contributed by atoms with Crippen LogP contribution in [0.4, 0.5) is 0 Å². The van der Waals surface area contributed by atoms with E-state index in [0.29, 0.717) is 13.0 Å². The fourth-order valence-corrected chi connectivity index (χ4v) is 1.92. The Morgan fingerprint density at radius 2 is 2.21 bits per heavy atom. The van der Waals surface area contributed by atoms with Crippen molar-refractivity contribution in [2.75, 3.05) is 13.2 Å². The minimum absolute atomic E-state index is 0.00962. The predicted octanol–water partition coefficient (Wildman–Crippen LogP) is 2.29. The molecule has 1 atom stereocenters. The number of carbonyl (C=O) groups is 1. The first-order chi connectivity index (χ1) is 9.21.